The average molecular weight is 421 g/mol. The summed E-state index contributed by atoms with van der Waals surface area (Å²) in [6, 6.07) is 12.3. The minimum absolute atomic E-state index is 0.250. The van der Waals surface area contributed by atoms with Crippen molar-refractivity contribution in [2.24, 2.45) is 0 Å². The van der Waals surface area contributed by atoms with Crippen molar-refractivity contribution < 1.29 is 22.7 Å². The molecule has 1 N–H and O–H groups in total. The van der Waals surface area contributed by atoms with Gasteiger partial charge >= 0.3 is 0 Å². The lowest BCUT2D eigenvalue weighted by atomic mass is 10.1. The van der Waals surface area contributed by atoms with E-state index in [9.17, 15) is 13.2 Å². The Balaban J connectivity index is 1.98. The summed E-state index contributed by atoms with van der Waals surface area (Å²) in [4.78, 5) is 12.5. The van der Waals surface area contributed by atoms with Gasteiger partial charge in [0, 0.05) is 0 Å². The fraction of sp³-hybridized carbons (Fsp3) is 0.381. The van der Waals surface area contributed by atoms with Crippen LogP contribution < -0.4 is 19.1 Å². The second-order valence-corrected chi connectivity index (χ2v) is 8.98. The number of amides is 1. The molecule has 2 rings (SSSR count). The number of methoxy groups -OCH3 is 1. The van der Waals surface area contributed by atoms with Crippen LogP contribution >= 0.6 is 0 Å². The number of nitrogens with zero attached hydrogens (tertiary/aromatic N) is 1. The third-order valence-electron chi connectivity index (χ3n) is 4.15. The van der Waals surface area contributed by atoms with E-state index in [-0.39, 0.29) is 19.2 Å². The smallest absolute Gasteiger partial charge is 0.241 e. The Hall–Kier alpha value is -2.74. The Labute approximate surface area is 172 Å². The molecule has 0 saturated carbocycles. The fourth-order valence-corrected chi connectivity index (χ4v) is 3.72. The van der Waals surface area contributed by atoms with Gasteiger partial charge in [-0.3, -0.25) is 9.10 Å². The van der Waals surface area contributed by atoms with Gasteiger partial charge in [-0.1, -0.05) is 6.07 Å². The second kappa shape index (κ2) is 9.65. The molecule has 0 spiro atoms. The van der Waals surface area contributed by atoms with Crippen LogP contribution in [-0.4, -0.2) is 46.9 Å². The molecule has 0 radical (unpaired) electrons. The van der Waals surface area contributed by atoms with Crippen molar-refractivity contribution in [3.8, 4) is 11.5 Å². The van der Waals surface area contributed by atoms with Crippen molar-refractivity contribution >= 4 is 21.6 Å². The molecule has 0 aliphatic carbocycles. The largest absolute Gasteiger partial charge is 0.497 e. The molecule has 7 nitrogen and oxygen atoms in total. The van der Waals surface area contributed by atoms with Crippen LogP contribution in [-0.2, 0) is 14.8 Å². The number of ether oxygens (including phenoxy) is 2. The first-order valence-electron chi connectivity index (χ1n) is 9.20. The van der Waals surface area contributed by atoms with Crippen LogP contribution in [0.3, 0.4) is 0 Å². The zero-order chi connectivity index (χ0) is 21.6. The zero-order valence-corrected chi connectivity index (χ0v) is 18.2. The third kappa shape index (κ3) is 6.98. The minimum atomic E-state index is -3.61. The molecule has 29 heavy (non-hydrogen) atoms. The van der Waals surface area contributed by atoms with E-state index in [4.69, 9.17) is 9.47 Å². The van der Waals surface area contributed by atoms with Crippen LogP contribution in [0.5, 0.6) is 11.5 Å². The second-order valence-electron chi connectivity index (χ2n) is 7.07. The molecule has 0 aromatic heterocycles. The van der Waals surface area contributed by atoms with Gasteiger partial charge in [-0.05, 0) is 68.3 Å². The zero-order valence-electron chi connectivity index (χ0n) is 17.4. The first kappa shape index (κ1) is 22.5. The van der Waals surface area contributed by atoms with E-state index in [1.165, 1.54) is 0 Å². The van der Waals surface area contributed by atoms with Crippen molar-refractivity contribution in [3.63, 3.8) is 0 Å². The van der Waals surface area contributed by atoms with Crippen LogP contribution in [0.2, 0.25) is 0 Å². The minimum Gasteiger partial charge on any atom is -0.497 e. The number of sulfonamides is 1. The standard InChI is InChI=1S/C21H28N2O5S/c1-15-10-16(2)12-18(11-15)23(29(5,25)26)13-21(24)22-17(3)14-28-20-8-6-19(27-4)7-9-20/h6-12,17H,13-14H2,1-5H3,(H,22,24)/t17-/m1/s1. The normalized spacial score (nSPS) is 12.2. The topological polar surface area (TPSA) is 84.9 Å². The number of rotatable bonds is 9. The van der Waals surface area contributed by atoms with Gasteiger partial charge in [-0.15, -0.1) is 0 Å². The van der Waals surface area contributed by atoms with E-state index < -0.39 is 15.9 Å². The summed E-state index contributed by atoms with van der Waals surface area (Å²) in [6.07, 6.45) is 1.09. The molecular formula is C21H28N2O5S. The maximum Gasteiger partial charge on any atom is 0.241 e. The quantitative estimate of drug-likeness (QED) is 0.674. The summed E-state index contributed by atoms with van der Waals surface area (Å²) in [5.41, 5.74) is 2.33. The molecule has 8 heteroatoms. The van der Waals surface area contributed by atoms with Crippen molar-refractivity contribution in [3.05, 3.63) is 53.6 Å². The van der Waals surface area contributed by atoms with Gasteiger partial charge in [-0.2, -0.15) is 0 Å². The molecule has 2 aromatic carbocycles. The summed E-state index contributed by atoms with van der Waals surface area (Å²) in [5, 5.41) is 2.78. The van der Waals surface area contributed by atoms with Gasteiger partial charge in [0.1, 0.15) is 24.7 Å². The summed E-state index contributed by atoms with van der Waals surface area (Å²) < 4.78 is 36.4. The number of anilines is 1. The van der Waals surface area contributed by atoms with E-state index in [1.807, 2.05) is 19.9 Å². The van der Waals surface area contributed by atoms with Crippen LogP contribution in [0.1, 0.15) is 18.1 Å². The summed E-state index contributed by atoms with van der Waals surface area (Å²) in [7, 11) is -2.03. The van der Waals surface area contributed by atoms with E-state index in [2.05, 4.69) is 5.32 Å². The van der Waals surface area contributed by atoms with Gasteiger partial charge in [0.15, 0.2) is 0 Å². The highest BCUT2D eigenvalue weighted by Crippen LogP contribution is 2.21. The van der Waals surface area contributed by atoms with Gasteiger partial charge < -0.3 is 14.8 Å². The molecule has 2 aromatic rings. The number of hydrogen-bond donors (Lipinski definition) is 1. The molecule has 0 unspecified atom stereocenters. The summed E-state index contributed by atoms with van der Waals surface area (Å²) in [6.45, 7) is 5.52. The number of benzene rings is 2. The Bertz CT molecular complexity index is 922. The first-order valence-corrected chi connectivity index (χ1v) is 11.1. The molecule has 0 aliphatic rings. The third-order valence-corrected chi connectivity index (χ3v) is 5.29. The van der Waals surface area contributed by atoms with Crippen molar-refractivity contribution in [1.82, 2.24) is 5.32 Å². The van der Waals surface area contributed by atoms with Crippen LogP contribution in [0, 0.1) is 13.8 Å². The van der Waals surface area contributed by atoms with E-state index in [1.54, 1.807) is 50.4 Å². The van der Waals surface area contributed by atoms with Crippen molar-refractivity contribution in [2.45, 2.75) is 26.8 Å². The molecule has 0 bridgehead atoms. The monoisotopic (exact) mass is 420 g/mol. The lowest BCUT2D eigenvalue weighted by Gasteiger charge is -2.24. The molecule has 0 heterocycles. The highest BCUT2D eigenvalue weighted by atomic mass is 32.2. The molecule has 158 valence electrons. The lowest BCUT2D eigenvalue weighted by Crippen LogP contribution is -2.45. The predicted molar refractivity (Wildman–Crippen MR) is 114 cm³/mol. The molecule has 1 atom stereocenters. The van der Waals surface area contributed by atoms with Crippen molar-refractivity contribution in [2.75, 3.05) is 30.8 Å². The maximum absolute atomic E-state index is 12.5. The van der Waals surface area contributed by atoms with Gasteiger partial charge in [0.25, 0.3) is 0 Å². The maximum atomic E-state index is 12.5. The van der Waals surface area contributed by atoms with E-state index in [0.29, 0.717) is 11.4 Å². The number of hydrogen-bond acceptors (Lipinski definition) is 5. The van der Waals surface area contributed by atoms with Crippen LogP contribution in [0.15, 0.2) is 42.5 Å². The van der Waals surface area contributed by atoms with E-state index in [0.717, 1.165) is 27.4 Å². The first-order chi connectivity index (χ1) is 13.6. The van der Waals surface area contributed by atoms with Gasteiger partial charge in [0.05, 0.1) is 25.1 Å². The predicted octanol–water partition coefficient (Wildman–Crippen LogP) is 2.66. The van der Waals surface area contributed by atoms with Crippen LogP contribution in [0.25, 0.3) is 0 Å². The number of nitrogens with one attached hydrogen (secondary N) is 1. The molecular weight excluding hydrogens is 392 g/mol. The Kier molecular flexibility index (Phi) is 7.50. The summed E-state index contributed by atoms with van der Waals surface area (Å²) in [5.74, 6) is 0.978. The number of aryl methyl sites for hydroxylation is 2. The highest BCUT2D eigenvalue weighted by molar-refractivity contribution is 7.92. The van der Waals surface area contributed by atoms with E-state index >= 15 is 0 Å². The Morgan fingerprint density at radius 1 is 1.07 bits per heavy atom. The molecule has 0 aliphatic heterocycles. The van der Waals surface area contributed by atoms with Gasteiger partial charge in [0.2, 0.25) is 15.9 Å². The SMILES string of the molecule is COc1ccc(OC[C@@H](C)NC(=O)CN(c2cc(C)cc(C)c2)S(C)(=O)=O)cc1. The molecule has 0 fully saturated rings. The molecule has 1 amide bonds. The van der Waals surface area contributed by atoms with Crippen LogP contribution in [0.4, 0.5) is 5.69 Å². The fourth-order valence-electron chi connectivity index (χ4n) is 2.88. The lowest BCUT2D eigenvalue weighted by molar-refractivity contribution is -0.120. The molecule has 0 saturated heterocycles. The van der Waals surface area contributed by atoms with Gasteiger partial charge in [-0.25, -0.2) is 8.42 Å². The Morgan fingerprint density at radius 3 is 2.14 bits per heavy atom. The number of carbonyl (C=O) groups excluding carboxylic acids is 1. The number of carbonyl (C=O) groups is 1. The Morgan fingerprint density at radius 2 is 1.62 bits per heavy atom. The van der Waals surface area contributed by atoms with Crippen molar-refractivity contribution in [1.29, 1.82) is 0 Å². The highest BCUT2D eigenvalue weighted by Gasteiger charge is 2.22. The summed E-state index contributed by atoms with van der Waals surface area (Å²) >= 11 is 0. The average Bonchev–Trinajstić information content (AvgIpc) is 2.63.